The van der Waals surface area contributed by atoms with Crippen LogP contribution in [0.15, 0.2) is 41.1 Å². The first-order valence-corrected chi connectivity index (χ1v) is 10.1. The molecule has 28 heavy (non-hydrogen) atoms. The molecule has 0 aliphatic rings. The van der Waals surface area contributed by atoms with Crippen LogP contribution in [0.2, 0.25) is 0 Å². The van der Waals surface area contributed by atoms with Gasteiger partial charge < -0.3 is 20.1 Å². The Morgan fingerprint density at radius 1 is 1.00 bits per heavy atom. The minimum Gasteiger partial charge on any atom is -0.493 e. The van der Waals surface area contributed by atoms with E-state index >= 15 is 0 Å². The van der Waals surface area contributed by atoms with Gasteiger partial charge in [0.2, 0.25) is 11.8 Å². The van der Waals surface area contributed by atoms with Gasteiger partial charge in [-0.05, 0) is 23.6 Å². The minimum absolute atomic E-state index is 0.103. The lowest BCUT2D eigenvalue weighted by molar-refractivity contribution is -0.116. The number of aromatic nitrogens is 1. The highest BCUT2D eigenvalue weighted by Gasteiger charge is 2.12. The van der Waals surface area contributed by atoms with Crippen LogP contribution in [-0.2, 0) is 22.4 Å². The number of benzene rings is 1. The Morgan fingerprint density at radius 3 is 2.50 bits per heavy atom. The number of amides is 2. The summed E-state index contributed by atoms with van der Waals surface area (Å²) in [4.78, 5) is 29.6. The van der Waals surface area contributed by atoms with Crippen LogP contribution in [0.1, 0.15) is 10.6 Å². The molecule has 7 nitrogen and oxygen atoms in total. The van der Waals surface area contributed by atoms with E-state index in [9.17, 15) is 9.59 Å². The number of hydrogen-bond donors (Lipinski definition) is 2. The Morgan fingerprint density at radius 2 is 1.79 bits per heavy atom. The lowest BCUT2D eigenvalue weighted by Crippen LogP contribution is -2.15. The largest absolute Gasteiger partial charge is 0.493 e. The van der Waals surface area contributed by atoms with E-state index in [2.05, 4.69) is 15.6 Å². The van der Waals surface area contributed by atoms with Crippen LogP contribution in [0.4, 0.5) is 10.8 Å². The number of thiazole rings is 1. The Labute approximate surface area is 170 Å². The van der Waals surface area contributed by atoms with E-state index in [0.29, 0.717) is 34.4 Å². The molecule has 146 valence electrons. The van der Waals surface area contributed by atoms with Crippen molar-refractivity contribution in [3.63, 3.8) is 0 Å². The molecule has 9 heteroatoms. The van der Waals surface area contributed by atoms with E-state index in [1.165, 1.54) is 29.8 Å². The molecule has 0 fully saturated rings. The second kappa shape index (κ2) is 9.34. The number of thiophene rings is 1. The molecule has 0 aliphatic heterocycles. The minimum atomic E-state index is -0.214. The second-order valence-corrected chi connectivity index (χ2v) is 7.63. The number of carbonyl (C=O) groups is 2. The molecule has 1 aromatic carbocycles. The number of nitrogens with one attached hydrogen (secondary N) is 2. The Kier molecular flexibility index (Phi) is 6.62. The zero-order valence-electron chi connectivity index (χ0n) is 15.4. The van der Waals surface area contributed by atoms with Gasteiger partial charge in [-0.15, -0.1) is 22.7 Å². The quantitative estimate of drug-likeness (QED) is 0.585. The third-order valence-electron chi connectivity index (χ3n) is 3.72. The van der Waals surface area contributed by atoms with Crippen LogP contribution < -0.4 is 20.1 Å². The number of hydrogen-bond acceptors (Lipinski definition) is 7. The SMILES string of the molecule is COc1ccc(NC(=O)Cc2csc(NC(=O)Cc3cccs3)n2)cc1OC. The fourth-order valence-electron chi connectivity index (χ4n) is 2.46. The summed E-state index contributed by atoms with van der Waals surface area (Å²) >= 11 is 2.83. The van der Waals surface area contributed by atoms with Crippen molar-refractivity contribution in [2.24, 2.45) is 0 Å². The summed E-state index contributed by atoms with van der Waals surface area (Å²) < 4.78 is 10.4. The summed E-state index contributed by atoms with van der Waals surface area (Å²) in [7, 11) is 3.09. The van der Waals surface area contributed by atoms with E-state index in [1.807, 2.05) is 17.5 Å². The van der Waals surface area contributed by atoms with Crippen LogP contribution in [0.5, 0.6) is 11.5 Å². The topological polar surface area (TPSA) is 89.6 Å². The van der Waals surface area contributed by atoms with Crippen molar-refractivity contribution < 1.29 is 19.1 Å². The van der Waals surface area contributed by atoms with Crippen molar-refractivity contribution in [1.82, 2.24) is 4.98 Å². The number of ether oxygens (including phenoxy) is 2. The van der Waals surface area contributed by atoms with Gasteiger partial charge in [0, 0.05) is 22.0 Å². The van der Waals surface area contributed by atoms with Crippen LogP contribution in [0, 0.1) is 0 Å². The van der Waals surface area contributed by atoms with Gasteiger partial charge in [0.05, 0.1) is 32.8 Å². The number of rotatable bonds is 8. The first-order chi connectivity index (χ1) is 13.6. The molecule has 0 saturated carbocycles. The van der Waals surface area contributed by atoms with Gasteiger partial charge in [-0.2, -0.15) is 0 Å². The number of anilines is 2. The zero-order valence-corrected chi connectivity index (χ0v) is 17.0. The molecule has 0 unspecified atom stereocenters. The molecule has 2 amide bonds. The maximum Gasteiger partial charge on any atom is 0.231 e. The number of carbonyl (C=O) groups excluding carboxylic acids is 2. The van der Waals surface area contributed by atoms with E-state index in [0.717, 1.165) is 4.88 Å². The normalized spacial score (nSPS) is 10.4. The van der Waals surface area contributed by atoms with Crippen molar-refractivity contribution >= 4 is 45.3 Å². The molecule has 0 bridgehead atoms. The predicted molar refractivity (Wildman–Crippen MR) is 111 cm³/mol. The van der Waals surface area contributed by atoms with E-state index in [1.54, 1.807) is 30.7 Å². The van der Waals surface area contributed by atoms with E-state index in [4.69, 9.17) is 9.47 Å². The lowest BCUT2D eigenvalue weighted by Gasteiger charge is -2.10. The molecule has 2 aromatic heterocycles. The van der Waals surface area contributed by atoms with Crippen LogP contribution in [-0.4, -0.2) is 31.0 Å². The zero-order chi connectivity index (χ0) is 19.9. The van der Waals surface area contributed by atoms with Gasteiger partial charge >= 0.3 is 0 Å². The fourth-order valence-corrected chi connectivity index (χ4v) is 3.89. The highest BCUT2D eigenvalue weighted by Crippen LogP contribution is 2.29. The molecule has 0 saturated heterocycles. The number of nitrogens with zero attached hydrogens (tertiary/aromatic N) is 1. The summed E-state index contributed by atoms with van der Waals surface area (Å²) in [5.41, 5.74) is 1.19. The molecule has 0 radical (unpaired) electrons. The van der Waals surface area contributed by atoms with Gasteiger partial charge in [-0.3, -0.25) is 9.59 Å². The van der Waals surface area contributed by atoms with Gasteiger partial charge in [0.1, 0.15) is 0 Å². The second-order valence-electron chi connectivity index (χ2n) is 5.74. The third kappa shape index (κ3) is 5.30. The van der Waals surface area contributed by atoms with E-state index in [-0.39, 0.29) is 18.2 Å². The smallest absolute Gasteiger partial charge is 0.231 e. The van der Waals surface area contributed by atoms with Gasteiger partial charge in [-0.25, -0.2) is 4.98 Å². The summed E-state index contributed by atoms with van der Waals surface area (Å²) in [6.45, 7) is 0. The summed E-state index contributed by atoms with van der Waals surface area (Å²) in [6, 6.07) is 8.96. The molecule has 3 aromatic rings. The first-order valence-electron chi connectivity index (χ1n) is 8.36. The molecule has 0 spiro atoms. The van der Waals surface area contributed by atoms with Crippen LogP contribution in [0.3, 0.4) is 0 Å². The fraction of sp³-hybridized carbons (Fsp3) is 0.211. The molecular weight excluding hydrogens is 398 g/mol. The highest BCUT2D eigenvalue weighted by molar-refractivity contribution is 7.14. The first kappa shape index (κ1) is 19.8. The maximum atomic E-state index is 12.3. The van der Waals surface area contributed by atoms with Crippen molar-refractivity contribution in [2.75, 3.05) is 24.9 Å². The average molecular weight is 418 g/mol. The maximum absolute atomic E-state index is 12.3. The molecular formula is C19H19N3O4S2. The monoisotopic (exact) mass is 417 g/mol. The Bertz CT molecular complexity index is 954. The summed E-state index contributed by atoms with van der Waals surface area (Å²) in [5.74, 6) is 0.778. The lowest BCUT2D eigenvalue weighted by atomic mass is 10.2. The molecule has 0 aliphatic carbocycles. The van der Waals surface area contributed by atoms with Crippen molar-refractivity contribution in [1.29, 1.82) is 0 Å². The van der Waals surface area contributed by atoms with Crippen LogP contribution in [0.25, 0.3) is 0 Å². The summed E-state index contributed by atoms with van der Waals surface area (Å²) in [5, 5.41) is 9.74. The molecule has 2 heterocycles. The van der Waals surface area contributed by atoms with Gasteiger partial charge in [-0.1, -0.05) is 6.07 Å². The van der Waals surface area contributed by atoms with Crippen molar-refractivity contribution in [3.05, 3.63) is 51.7 Å². The highest BCUT2D eigenvalue weighted by atomic mass is 32.1. The summed E-state index contributed by atoms with van der Waals surface area (Å²) in [6.07, 6.45) is 0.415. The van der Waals surface area contributed by atoms with Crippen molar-refractivity contribution in [3.8, 4) is 11.5 Å². The Balaban J connectivity index is 1.54. The molecule has 0 atom stereocenters. The van der Waals surface area contributed by atoms with Crippen molar-refractivity contribution in [2.45, 2.75) is 12.8 Å². The van der Waals surface area contributed by atoms with Crippen LogP contribution >= 0.6 is 22.7 Å². The molecule has 3 rings (SSSR count). The third-order valence-corrected chi connectivity index (χ3v) is 5.40. The molecule has 2 N–H and O–H groups in total. The van der Waals surface area contributed by atoms with E-state index < -0.39 is 0 Å². The predicted octanol–water partition coefficient (Wildman–Crippen LogP) is 3.58. The Hall–Kier alpha value is -2.91. The van der Waals surface area contributed by atoms with Gasteiger partial charge in [0.15, 0.2) is 16.6 Å². The standard InChI is InChI=1S/C19H19N3O4S2/c1-25-15-6-5-12(8-16(15)26-2)20-17(23)9-13-11-28-19(21-13)22-18(24)10-14-4-3-7-27-14/h3-8,11H,9-10H2,1-2H3,(H,20,23)(H,21,22,24). The van der Waals surface area contributed by atoms with Gasteiger partial charge in [0.25, 0.3) is 0 Å². The number of methoxy groups -OCH3 is 2. The average Bonchev–Trinajstić information content (AvgIpc) is 3.33.